The molecule has 0 radical (unpaired) electrons. The van der Waals surface area contributed by atoms with E-state index in [2.05, 4.69) is 33.9 Å². The van der Waals surface area contributed by atoms with Crippen LogP contribution in [0.4, 0.5) is 11.5 Å². The number of carbonyl (C=O) groups excluding carboxylic acids is 1. The van der Waals surface area contributed by atoms with Crippen LogP contribution in [0.1, 0.15) is 30.8 Å². The molecule has 0 bridgehead atoms. The third-order valence-electron chi connectivity index (χ3n) is 4.89. The van der Waals surface area contributed by atoms with Gasteiger partial charge in [-0.25, -0.2) is 4.98 Å². The van der Waals surface area contributed by atoms with Gasteiger partial charge in [0.25, 0.3) is 5.91 Å². The predicted molar refractivity (Wildman–Crippen MR) is 116 cm³/mol. The number of hydrogen-bond donors (Lipinski definition) is 2. The highest BCUT2D eigenvalue weighted by Crippen LogP contribution is 2.17. The van der Waals surface area contributed by atoms with Crippen LogP contribution in [0, 0.1) is 5.92 Å². The molecule has 2 N–H and O–H groups in total. The number of carbonyl (C=O) groups is 1. The van der Waals surface area contributed by atoms with Gasteiger partial charge in [-0.15, -0.1) is 0 Å². The summed E-state index contributed by atoms with van der Waals surface area (Å²) in [4.78, 5) is 21.1. The van der Waals surface area contributed by atoms with E-state index in [0.717, 1.165) is 38.4 Å². The molecule has 30 heavy (non-hydrogen) atoms. The Morgan fingerprint density at radius 3 is 2.80 bits per heavy atom. The molecule has 2 aromatic heterocycles. The highest BCUT2D eigenvalue weighted by Gasteiger charge is 2.19. The molecule has 0 aliphatic carbocycles. The molecule has 8 heteroatoms. The van der Waals surface area contributed by atoms with E-state index in [4.69, 9.17) is 9.15 Å². The van der Waals surface area contributed by atoms with Gasteiger partial charge in [0.15, 0.2) is 5.76 Å². The maximum absolute atomic E-state index is 12.1. The van der Waals surface area contributed by atoms with E-state index in [1.807, 2.05) is 12.1 Å². The number of hydrogen-bond acceptors (Lipinski definition) is 7. The Balaban J connectivity index is 1.46. The molecule has 1 unspecified atom stereocenters. The van der Waals surface area contributed by atoms with Gasteiger partial charge in [0.1, 0.15) is 5.82 Å². The van der Waals surface area contributed by atoms with Crippen LogP contribution < -0.4 is 10.2 Å². The number of anilines is 2. The average Bonchev–Trinajstić information content (AvgIpc) is 3.16. The van der Waals surface area contributed by atoms with E-state index in [0.29, 0.717) is 31.4 Å². The second-order valence-corrected chi connectivity index (χ2v) is 8.06. The largest absolute Gasteiger partial charge is 0.459 e. The highest BCUT2D eigenvalue weighted by molar-refractivity contribution is 6.02. The number of aliphatic hydroxyl groups is 1. The van der Waals surface area contributed by atoms with E-state index in [1.54, 1.807) is 18.3 Å². The minimum atomic E-state index is -0.467. The Morgan fingerprint density at radius 1 is 1.23 bits per heavy atom. The van der Waals surface area contributed by atoms with Crippen molar-refractivity contribution in [3.8, 4) is 0 Å². The second-order valence-electron chi connectivity index (χ2n) is 8.06. The van der Waals surface area contributed by atoms with Crippen molar-refractivity contribution in [2.24, 2.45) is 5.92 Å². The fourth-order valence-corrected chi connectivity index (χ4v) is 3.42. The Labute approximate surface area is 177 Å². The summed E-state index contributed by atoms with van der Waals surface area (Å²) in [5.74, 6) is 1.33. The van der Waals surface area contributed by atoms with Crippen LogP contribution in [0.3, 0.4) is 0 Å². The predicted octanol–water partition coefficient (Wildman–Crippen LogP) is 2.47. The lowest BCUT2D eigenvalue weighted by Gasteiger charge is -2.24. The van der Waals surface area contributed by atoms with Crippen LogP contribution in [0.5, 0.6) is 0 Å². The molecule has 1 fully saturated rings. The highest BCUT2D eigenvalue weighted by atomic mass is 16.5. The molecule has 8 nitrogen and oxygen atoms in total. The van der Waals surface area contributed by atoms with Gasteiger partial charge in [-0.2, -0.15) is 0 Å². The number of furan rings is 1. The SMILES string of the molecule is CC(C)COCC(O)CN1CCCN(c2ccc(NC(=O)c3ccco3)cn2)CC1. The monoisotopic (exact) mass is 416 g/mol. The van der Waals surface area contributed by atoms with Crippen LogP contribution in [0.2, 0.25) is 0 Å². The van der Waals surface area contributed by atoms with Gasteiger partial charge in [0.05, 0.1) is 30.9 Å². The molecule has 0 spiro atoms. The van der Waals surface area contributed by atoms with Gasteiger partial charge < -0.3 is 24.5 Å². The van der Waals surface area contributed by atoms with Crippen molar-refractivity contribution in [2.75, 3.05) is 56.2 Å². The maximum Gasteiger partial charge on any atom is 0.291 e. The number of aliphatic hydroxyl groups excluding tert-OH is 1. The molecule has 0 saturated carbocycles. The Kier molecular flexibility index (Phi) is 8.24. The first kappa shape index (κ1) is 22.3. The Hall–Kier alpha value is -2.42. The van der Waals surface area contributed by atoms with Crippen molar-refractivity contribution in [2.45, 2.75) is 26.4 Å². The number of β-amino-alcohol motifs (C(OH)–C–C–N with tert-alkyl or cyclic N) is 1. The fourth-order valence-electron chi connectivity index (χ4n) is 3.42. The molecule has 3 heterocycles. The third-order valence-corrected chi connectivity index (χ3v) is 4.89. The quantitative estimate of drug-likeness (QED) is 0.649. The van der Waals surface area contributed by atoms with Gasteiger partial charge in [0.2, 0.25) is 0 Å². The summed E-state index contributed by atoms with van der Waals surface area (Å²) in [7, 11) is 0. The van der Waals surface area contributed by atoms with Gasteiger partial charge in [-0.05, 0) is 43.1 Å². The standard InChI is InChI=1S/C22H32N4O4/c1-17(2)15-29-16-19(27)14-25-8-4-9-26(11-10-25)21-7-6-18(13-23-21)24-22(28)20-5-3-12-30-20/h3,5-7,12-13,17,19,27H,4,8-11,14-16H2,1-2H3,(H,24,28). The Morgan fingerprint density at radius 2 is 2.10 bits per heavy atom. The zero-order chi connectivity index (χ0) is 21.3. The summed E-state index contributed by atoms with van der Waals surface area (Å²) >= 11 is 0. The van der Waals surface area contributed by atoms with E-state index in [-0.39, 0.29) is 11.7 Å². The molecule has 1 saturated heterocycles. The number of pyridine rings is 1. The van der Waals surface area contributed by atoms with Crippen LogP contribution in [0.25, 0.3) is 0 Å². The van der Waals surface area contributed by atoms with Crippen molar-refractivity contribution >= 4 is 17.4 Å². The van der Waals surface area contributed by atoms with Crippen molar-refractivity contribution < 1.29 is 19.1 Å². The number of nitrogens with zero attached hydrogens (tertiary/aromatic N) is 3. The summed E-state index contributed by atoms with van der Waals surface area (Å²) in [6.07, 6.45) is 3.66. The van der Waals surface area contributed by atoms with Crippen molar-refractivity contribution in [1.82, 2.24) is 9.88 Å². The average molecular weight is 417 g/mol. The van der Waals surface area contributed by atoms with E-state index >= 15 is 0 Å². The normalized spacial score (nSPS) is 16.5. The minimum Gasteiger partial charge on any atom is -0.459 e. The van der Waals surface area contributed by atoms with Gasteiger partial charge in [0, 0.05) is 32.8 Å². The first-order valence-electron chi connectivity index (χ1n) is 10.6. The molecule has 1 amide bonds. The summed E-state index contributed by atoms with van der Waals surface area (Å²) in [6, 6.07) is 7.06. The number of nitrogens with one attached hydrogen (secondary N) is 1. The molecule has 0 aromatic carbocycles. The van der Waals surface area contributed by atoms with Gasteiger partial charge in [-0.1, -0.05) is 13.8 Å². The molecule has 164 valence electrons. The van der Waals surface area contributed by atoms with Crippen LogP contribution in [0.15, 0.2) is 41.1 Å². The zero-order valence-electron chi connectivity index (χ0n) is 17.8. The molecule has 3 rings (SSSR count). The summed E-state index contributed by atoms with van der Waals surface area (Å²) in [6.45, 7) is 9.42. The third kappa shape index (κ3) is 6.83. The maximum atomic E-state index is 12.1. The topological polar surface area (TPSA) is 91.1 Å². The van der Waals surface area contributed by atoms with Gasteiger partial charge in [-0.3, -0.25) is 9.69 Å². The van der Waals surface area contributed by atoms with Crippen molar-refractivity contribution in [1.29, 1.82) is 0 Å². The molecule has 1 atom stereocenters. The van der Waals surface area contributed by atoms with Crippen LogP contribution in [-0.4, -0.2) is 72.9 Å². The molecular weight excluding hydrogens is 384 g/mol. The minimum absolute atomic E-state index is 0.267. The zero-order valence-corrected chi connectivity index (χ0v) is 17.8. The van der Waals surface area contributed by atoms with E-state index in [9.17, 15) is 9.90 Å². The lowest BCUT2D eigenvalue weighted by molar-refractivity contribution is 0.00917. The van der Waals surface area contributed by atoms with E-state index in [1.165, 1.54) is 6.26 Å². The number of amides is 1. The molecule has 1 aliphatic rings. The number of rotatable bonds is 9. The number of aromatic nitrogens is 1. The first-order chi connectivity index (χ1) is 14.5. The smallest absolute Gasteiger partial charge is 0.291 e. The summed E-state index contributed by atoms with van der Waals surface area (Å²) in [5, 5.41) is 13.0. The molecular formula is C22H32N4O4. The van der Waals surface area contributed by atoms with Crippen LogP contribution >= 0.6 is 0 Å². The van der Waals surface area contributed by atoms with Crippen molar-refractivity contribution in [3.05, 3.63) is 42.5 Å². The molecule has 1 aliphatic heterocycles. The second kappa shape index (κ2) is 11.1. The summed E-state index contributed by atoms with van der Waals surface area (Å²) in [5.41, 5.74) is 0.626. The van der Waals surface area contributed by atoms with Crippen LogP contribution in [-0.2, 0) is 4.74 Å². The molecule has 2 aromatic rings. The summed E-state index contributed by atoms with van der Waals surface area (Å²) < 4.78 is 10.6. The number of ether oxygens (including phenoxy) is 1. The first-order valence-corrected chi connectivity index (χ1v) is 10.6. The lowest BCUT2D eigenvalue weighted by Crippen LogP contribution is -2.38. The fraction of sp³-hybridized carbons (Fsp3) is 0.545. The van der Waals surface area contributed by atoms with E-state index < -0.39 is 6.10 Å². The Bertz CT molecular complexity index is 764. The lowest BCUT2D eigenvalue weighted by atomic mass is 10.2. The van der Waals surface area contributed by atoms with Crippen molar-refractivity contribution in [3.63, 3.8) is 0 Å². The van der Waals surface area contributed by atoms with Gasteiger partial charge >= 0.3 is 0 Å².